The third kappa shape index (κ3) is 2.57. The average molecular weight is 300 g/mol. The largest absolute Gasteiger partial charge is 0.494 e. The monoisotopic (exact) mass is 300 g/mol. The van der Waals surface area contributed by atoms with Gasteiger partial charge in [-0.15, -0.1) is 0 Å². The topological polar surface area (TPSA) is 26.3 Å². The minimum atomic E-state index is 0.165. The van der Waals surface area contributed by atoms with Gasteiger partial charge in [-0.3, -0.25) is 4.79 Å². The first-order chi connectivity index (χ1) is 10.3. The number of ether oxygens (including phenoxy) is 1. The van der Waals surface area contributed by atoms with Gasteiger partial charge in [0, 0.05) is 6.42 Å². The molecule has 0 N–H and O–H groups in total. The molecular weight excluding hydrogens is 272 g/mol. The Morgan fingerprint density at radius 1 is 1.27 bits per heavy atom. The zero-order valence-electron chi connectivity index (χ0n) is 14.3. The number of hydrogen-bond acceptors (Lipinski definition) is 2. The van der Waals surface area contributed by atoms with Gasteiger partial charge in [-0.25, -0.2) is 0 Å². The molecular formula is C20H28O2. The van der Waals surface area contributed by atoms with E-state index in [0.29, 0.717) is 18.1 Å². The van der Waals surface area contributed by atoms with Crippen LogP contribution in [0, 0.1) is 16.7 Å². The van der Waals surface area contributed by atoms with E-state index in [-0.39, 0.29) is 16.9 Å². The van der Waals surface area contributed by atoms with E-state index in [0.717, 1.165) is 25.7 Å². The van der Waals surface area contributed by atoms with E-state index < -0.39 is 0 Å². The van der Waals surface area contributed by atoms with Gasteiger partial charge in [0.2, 0.25) is 0 Å². The first kappa shape index (κ1) is 15.6. The van der Waals surface area contributed by atoms with E-state index in [4.69, 9.17) is 4.74 Å². The average Bonchev–Trinajstić information content (AvgIpc) is 2.47. The quantitative estimate of drug-likeness (QED) is 0.532. The van der Waals surface area contributed by atoms with Crippen molar-refractivity contribution < 1.29 is 9.53 Å². The van der Waals surface area contributed by atoms with Crippen molar-refractivity contribution in [1.29, 1.82) is 0 Å². The van der Waals surface area contributed by atoms with Gasteiger partial charge < -0.3 is 4.74 Å². The maximum absolute atomic E-state index is 11.8. The summed E-state index contributed by atoms with van der Waals surface area (Å²) in [6.45, 7) is 8.90. The Morgan fingerprint density at radius 2 is 2.05 bits per heavy atom. The molecule has 0 aliphatic heterocycles. The molecule has 4 unspecified atom stereocenters. The third-order valence-corrected chi connectivity index (χ3v) is 6.10. The molecule has 1 fully saturated rings. The Labute approximate surface area is 134 Å². The lowest BCUT2D eigenvalue weighted by Gasteiger charge is -2.56. The second-order valence-corrected chi connectivity index (χ2v) is 8.08. The summed E-state index contributed by atoms with van der Waals surface area (Å²) >= 11 is 0. The van der Waals surface area contributed by atoms with Crippen molar-refractivity contribution in [1.82, 2.24) is 0 Å². The lowest BCUT2D eigenvalue weighted by atomic mass is 9.49. The van der Waals surface area contributed by atoms with Gasteiger partial charge in [-0.05, 0) is 74.0 Å². The van der Waals surface area contributed by atoms with Crippen LogP contribution in [0.4, 0.5) is 0 Å². The molecule has 3 aliphatic carbocycles. The summed E-state index contributed by atoms with van der Waals surface area (Å²) in [4.78, 5) is 11.8. The fourth-order valence-electron chi connectivity index (χ4n) is 4.73. The van der Waals surface area contributed by atoms with E-state index in [1.165, 1.54) is 11.1 Å². The maximum atomic E-state index is 11.8. The molecule has 0 heterocycles. The maximum Gasteiger partial charge on any atom is 0.155 e. The van der Waals surface area contributed by atoms with E-state index in [9.17, 15) is 4.79 Å². The van der Waals surface area contributed by atoms with E-state index in [1.54, 1.807) is 0 Å². The van der Waals surface area contributed by atoms with Crippen LogP contribution in [0.15, 0.2) is 35.6 Å². The molecule has 2 nitrogen and oxygen atoms in total. The summed E-state index contributed by atoms with van der Waals surface area (Å²) in [6, 6.07) is 0. The molecule has 0 bridgehead atoms. The van der Waals surface area contributed by atoms with Gasteiger partial charge in [0.25, 0.3) is 0 Å². The number of ketones is 1. The summed E-state index contributed by atoms with van der Waals surface area (Å²) in [5.41, 5.74) is 3.00. The fourth-order valence-corrected chi connectivity index (χ4v) is 4.73. The van der Waals surface area contributed by atoms with Crippen molar-refractivity contribution >= 4 is 5.78 Å². The van der Waals surface area contributed by atoms with Crippen molar-refractivity contribution in [3.63, 3.8) is 0 Å². The molecule has 0 amide bonds. The third-order valence-electron chi connectivity index (χ3n) is 6.10. The second kappa shape index (κ2) is 5.40. The summed E-state index contributed by atoms with van der Waals surface area (Å²) in [6.07, 6.45) is 13.6. The van der Waals surface area contributed by atoms with Crippen LogP contribution in [0.1, 0.15) is 59.8 Å². The first-order valence-electron chi connectivity index (χ1n) is 8.55. The van der Waals surface area contributed by atoms with Crippen molar-refractivity contribution in [2.45, 2.75) is 65.9 Å². The number of carbonyl (C=O) groups is 1. The predicted molar refractivity (Wildman–Crippen MR) is 89.3 cm³/mol. The summed E-state index contributed by atoms with van der Waals surface area (Å²) in [5.74, 6) is 0.883. The molecule has 1 saturated carbocycles. The molecule has 22 heavy (non-hydrogen) atoms. The lowest BCUT2D eigenvalue weighted by molar-refractivity contribution is -0.116. The highest BCUT2D eigenvalue weighted by Gasteiger charge is 2.52. The molecule has 0 saturated heterocycles. The summed E-state index contributed by atoms with van der Waals surface area (Å²) in [5, 5.41) is 0. The van der Waals surface area contributed by atoms with Crippen molar-refractivity contribution in [2.75, 3.05) is 0 Å². The zero-order chi connectivity index (χ0) is 16.0. The zero-order valence-corrected chi connectivity index (χ0v) is 14.3. The highest BCUT2D eigenvalue weighted by Crippen LogP contribution is 2.60. The van der Waals surface area contributed by atoms with Gasteiger partial charge in [0.05, 0.1) is 6.26 Å². The van der Waals surface area contributed by atoms with Crippen LogP contribution < -0.4 is 0 Å². The molecule has 2 heteroatoms. The van der Waals surface area contributed by atoms with Crippen molar-refractivity contribution in [2.24, 2.45) is 16.7 Å². The summed E-state index contributed by atoms with van der Waals surface area (Å²) < 4.78 is 5.95. The smallest absolute Gasteiger partial charge is 0.155 e. The fraction of sp³-hybridized carbons (Fsp3) is 0.650. The van der Waals surface area contributed by atoms with Crippen LogP contribution >= 0.6 is 0 Å². The highest BCUT2D eigenvalue weighted by atomic mass is 16.5. The van der Waals surface area contributed by atoms with Crippen LogP contribution in [-0.4, -0.2) is 11.9 Å². The minimum Gasteiger partial charge on any atom is -0.494 e. The van der Waals surface area contributed by atoms with Gasteiger partial charge in [0.15, 0.2) is 5.78 Å². The Kier molecular flexibility index (Phi) is 3.82. The molecule has 0 aromatic heterocycles. The van der Waals surface area contributed by atoms with E-state index >= 15 is 0 Å². The van der Waals surface area contributed by atoms with Gasteiger partial charge in [-0.1, -0.05) is 25.5 Å². The lowest BCUT2D eigenvalue weighted by Crippen LogP contribution is -2.48. The van der Waals surface area contributed by atoms with Crippen LogP contribution in [0.2, 0.25) is 0 Å². The Bertz CT molecular complexity index is 564. The molecule has 3 aliphatic rings. The Balaban J connectivity index is 1.90. The number of rotatable bonds is 2. The predicted octanol–water partition coefficient (Wildman–Crippen LogP) is 4.97. The van der Waals surface area contributed by atoms with Crippen molar-refractivity contribution in [3.8, 4) is 0 Å². The molecule has 3 rings (SSSR count). The van der Waals surface area contributed by atoms with Crippen LogP contribution in [0.25, 0.3) is 0 Å². The SMILES string of the molecule is CC(C)=COC1C=CC2(C)CCC3=CC(=O)CCC3(C)C2C1. The second-order valence-electron chi connectivity index (χ2n) is 8.08. The molecule has 0 aromatic rings. The highest BCUT2D eigenvalue weighted by molar-refractivity contribution is 5.91. The Morgan fingerprint density at radius 3 is 2.77 bits per heavy atom. The molecule has 0 aromatic carbocycles. The van der Waals surface area contributed by atoms with Gasteiger partial charge in [0.1, 0.15) is 6.10 Å². The van der Waals surface area contributed by atoms with Crippen LogP contribution in [0.3, 0.4) is 0 Å². The Hall–Kier alpha value is -1.31. The standard InChI is InChI=1S/C20H28O2/c1-14(2)13-22-17-7-9-19(3)8-5-15-11-16(21)6-10-20(15,4)18(19)12-17/h7,9,11,13,17-18H,5-6,8,10,12H2,1-4H3. The number of carbonyl (C=O) groups excluding carboxylic acids is 1. The minimum absolute atomic E-state index is 0.165. The van der Waals surface area contributed by atoms with Crippen LogP contribution in [-0.2, 0) is 9.53 Å². The normalized spacial score (nSPS) is 40.4. The molecule has 4 atom stereocenters. The van der Waals surface area contributed by atoms with E-state index in [1.807, 2.05) is 12.3 Å². The molecule has 0 spiro atoms. The molecule has 120 valence electrons. The van der Waals surface area contributed by atoms with Gasteiger partial charge in [-0.2, -0.15) is 0 Å². The van der Waals surface area contributed by atoms with E-state index in [2.05, 4.69) is 39.8 Å². The first-order valence-corrected chi connectivity index (χ1v) is 8.55. The number of fused-ring (bicyclic) bond motifs is 3. The number of hydrogen-bond donors (Lipinski definition) is 0. The van der Waals surface area contributed by atoms with Gasteiger partial charge >= 0.3 is 0 Å². The number of allylic oxidation sites excluding steroid dienone is 4. The van der Waals surface area contributed by atoms with Crippen LogP contribution in [0.5, 0.6) is 0 Å². The summed E-state index contributed by atoms with van der Waals surface area (Å²) in [7, 11) is 0. The molecule has 0 radical (unpaired) electrons. The van der Waals surface area contributed by atoms with Crippen molar-refractivity contribution in [3.05, 3.63) is 35.6 Å².